The Hall–Kier alpha value is -0.853. The zero-order chi connectivity index (χ0) is 16.7. The van der Waals surface area contributed by atoms with E-state index in [-0.39, 0.29) is 17.6 Å². The lowest BCUT2D eigenvalue weighted by molar-refractivity contribution is 0.0713. The molecule has 0 spiro atoms. The quantitative estimate of drug-likeness (QED) is 0.615. The Balaban J connectivity index is 2.16. The summed E-state index contributed by atoms with van der Waals surface area (Å²) in [6.07, 6.45) is 2.35. The summed E-state index contributed by atoms with van der Waals surface area (Å²) in [4.78, 5) is 12.9. The van der Waals surface area contributed by atoms with E-state index in [2.05, 4.69) is 33.9 Å². The number of aliphatic hydroxyl groups is 1. The van der Waals surface area contributed by atoms with Gasteiger partial charge in [0, 0.05) is 0 Å². The molecule has 1 aliphatic carbocycles. The molecule has 0 aromatic heterocycles. The second-order valence-electron chi connectivity index (χ2n) is 8.03. The molecule has 1 saturated carbocycles. The van der Waals surface area contributed by atoms with Gasteiger partial charge in [0.1, 0.15) is 0 Å². The van der Waals surface area contributed by atoms with Crippen LogP contribution in [0.25, 0.3) is 0 Å². The highest BCUT2D eigenvalue weighted by atomic mass is 28.4. The molecule has 0 bridgehead atoms. The van der Waals surface area contributed by atoms with E-state index in [4.69, 9.17) is 4.43 Å². The first-order valence-electron chi connectivity index (χ1n) is 8.06. The smallest absolute Gasteiger partial charge is 0.407 e. The Kier molecular flexibility index (Phi) is 4.76. The Bertz CT molecular complexity index is 465. The largest absolute Gasteiger partial charge is 0.465 e. The minimum atomic E-state index is -1.92. The van der Waals surface area contributed by atoms with Crippen LogP contribution < -0.4 is 0 Å². The van der Waals surface area contributed by atoms with Crippen molar-refractivity contribution in [1.29, 1.82) is 0 Å². The van der Waals surface area contributed by atoms with Gasteiger partial charge in [0.05, 0.1) is 25.3 Å². The van der Waals surface area contributed by atoms with Gasteiger partial charge < -0.3 is 14.6 Å². The van der Waals surface area contributed by atoms with Crippen molar-refractivity contribution in [3.8, 4) is 0 Å². The summed E-state index contributed by atoms with van der Waals surface area (Å²) >= 11 is 0. The highest BCUT2D eigenvalue weighted by Crippen LogP contribution is 2.42. The number of rotatable bonds is 4. The van der Waals surface area contributed by atoms with Crippen molar-refractivity contribution < 1.29 is 19.4 Å². The molecule has 1 heterocycles. The summed E-state index contributed by atoms with van der Waals surface area (Å²) in [6.45, 7) is 11.4. The summed E-state index contributed by atoms with van der Waals surface area (Å²) in [6, 6.07) is -0.248. The van der Waals surface area contributed by atoms with Crippen LogP contribution in [0.15, 0.2) is 11.6 Å². The SMILES string of the molecule is CC(C)(C)[Si](C)(C)OCC1C(C2CC2)=CC(O)CN1C(=O)O. The molecule has 2 aliphatic rings. The molecule has 1 aliphatic heterocycles. The second kappa shape index (κ2) is 5.98. The van der Waals surface area contributed by atoms with Gasteiger partial charge in [-0.25, -0.2) is 4.79 Å². The van der Waals surface area contributed by atoms with Gasteiger partial charge >= 0.3 is 6.09 Å². The maximum Gasteiger partial charge on any atom is 0.407 e. The lowest BCUT2D eigenvalue weighted by Gasteiger charge is -2.41. The first-order valence-corrected chi connectivity index (χ1v) is 11.0. The Morgan fingerprint density at radius 3 is 2.45 bits per heavy atom. The Morgan fingerprint density at radius 1 is 1.41 bits per heavy atom. The average molecular weight is 327 g/mol. The molecule has 0 saturated heterocycles. The number of hydrogen-bond donors (Lipinski definition) is 2. The standard InChI is InChI=1S/C16H29NO4Si/c1-16(2,3)22(4,5)21-10-14-13(11-6-7-11)8-12(18)9-17(14)15(19)20/h8,11-12,14,18H,6-7,9-10H2,1-5H3,(H,19,20). The number of β-amino-alcohol motifs (C(OH)–C–C–N with tert-alkyl or cyclic N) is 1. The van der Waals surface area contributed by atoms with Crippen LogP contribution in [0, 0.1) is 5.92 Å². The van der Waals surface area contributed by atoms with Crippen LogP contribution in [0.3, 0.4) is 0 Å². The molecule has 0 radical (unpaired) electrons. The summed E-state index contributed by atoms with van der Waals surface area (Å²) in [5, 5.41) is 19.5. The van der Waals surface area contributed by atoms with Crippen LogP contribution in [0.1, 0.15) is 33.6 Å². The molecule has 0 aromatic carbocycles. The van der Waals surface area contributed by atoms with E-state index in [0.29, 0.717) is 12.5 Å². The molecule has 2 unspecified atom stereocenters. The third-order valence-electron chi connectivity index (χ3n) is 5.23. The predicted molar refractivity (Wildman–Crippen MR) is 88.5 cm³/mol. The van der Waals surface area contributed by atoms with Crippen LogP contribution in [0.2, 0.25) is 18.1 Å². The zero-order valence-electron chi connectivity index (χ0n) is 14.3. The van der Waals surface area contributed by atoms with Gasteiger partial charge in [-0.3, -0.25) is 4.90 Å². The van der Waals surface area contributed by atoms with Crippen LogP contribution in [0.4, 0.5) is 4.79 Å². The molecule has 126 valence electrons. The van der Waals surface area contributed by atoms with E-state index in [0.717, 1.165) is 18.4 Å². The Labute approximate surface area is 134 Å². The van der Waals surface area contributed by atoms with Crippen molar-refractivity contribution in [2.24, 2.45) is 5.92 Å². The van der Waals surface area contributed by atoms with Crippen molar-refractivity contribution in [1.82, 2.24) is 4.90 Å². The lowest BCUT2D eigenvalue weighted by Crippen LogP contribution is -2.52. The third-order valence-corrected chi connectivity index (χ3v) is 9.73. The second-order valence-corrected chi connectivity index (χ2v) is 12.8. The monoisotopic (exact) mass is 327 g/mol. The Morgan fingerprint density at radius 2 is 2.00 bits per heavy atom. The van der Waals surface area contributed by atoms with Crippen molar-refractivity contribution in [3.63, 3.8) is 0 Å². The van der Waals surface area contributed by atoms with E-state index in [1.807, 2.05) is 6.08 Å². The maximum absolute atomic E-state index is 11.6. The molecule has 1 fully saturated rings. The third kappa shape index (κ3) is 3.72. The number of amides is 1. The van der Waals surface area contributed by atoms with Gasteiger partial charge in [0.2, 0.25) is 0 Å². The molecule has 5 nitrogen and oxygen atoms in total. The first-order chi connectivity index (χ1) is 10.0. The van der Waals surface area contributed by atoms with E-state index in [1.54, 1.807) is 0 Å². The van der Waals surface area contributed by atoms with E-state index in [9.17, 15) is 15.0 Å². The molecule has 22 heavy (non-hydrogen) atoms. The minimum Gasteiger partial charge on any atom is -0.465 e. The van der Waals surface area contributed by atoms with Crippen LogP contribution >= 0.6 is 0 Å². The topological polar surface area (TPSA) is 70.0 Å². The summed E-state index contributed by atoms with van der Waals surface area (Å²) < 4.78 is 6.27. The fourth-order valence-corrected chi connectivity index (χ4v) is 3.63. The molecule has 6 heteroatoms. The van der Waals surface area contributed by atoms with E-state index < -0.39 is 20.5 Å². The van der Waals surface area contributed by atoms with E-state index in [1.165, 1.54) is 4.90 Å². The van der Waals surface area contributed by atoms with Gasteiger partial charge in [0.25, 0.3) is 0 Å². The van der Waals surface area contributed by atoms with Crippen LogP contribution in [-0.2, 0) is 4.43 Å². The molecule has 2 N–H and O–H groups in total. The predicted octanol–water partition coefficient (Wildman–Crippen LogP) is 3.07. The molecule has 2 rings (SSSR count). The maximum atomic E-state index is 11.6. The van der Waals surface area contributed by atoms with Gasteiger partial charge in [-0.1, -0.05) is 26.8 Å². The molecule has 0 aromatic rings. The van der Waals surface area contributed by atoms with Crippen molar-refractivity contribution in [3.05, 3.63) is 11.6 Å². The molecular formula is C16H29NO4Si. The fourth-order valence-electron chi connectivity index (χ4n) is 2.62. The van der Waals surface area contributed by atoms with Crippen molar-refractivity contribution >= 4 is 14.4 Å². The molecule has 2 atom stereocenters. The zero-order valence-corrected chi connectivity index (χ0v) is 15.3. The highest BCUT2D eigenvalue weighted by molar-refractivity contribution is 6.74. The van der Waals surface area contributed by atoms with Crippen LogP contribution in [0.5, 0.6) is 0 Å². The number of carbonyl (C=O) groups is 1. The number of carboxylic acid groups (broad SMARTS) is 1. The van der Waals surface area contributed by atoms with Crippen LogP contribution in [-0.4, -0.2) is 54.8 Å². The highest BCUT2D eigenvalue weighted by Gasteiger charge is 2.42. The van der Waals surface area contributed by atoms with Gasteiger partial charge in [-0.15, -0.1) is 0 Å². The summed E-state index contributed by atoms with van der Waals surface area (Å²) in [5.41, 5.74) is 1.06. The number of hydrogen-bond acceptors (Lipinski definition) is 3. The summed E-state index contributed by atoms with van der Waals surface area (Å²) in [5.74, 6) is 0.421. The first kappa shape index (κ1) is 17.5. The number of nitrogens with zero attached hydrogens (tertiary/aromatic N) is 1. The van der Waals surface area contributed by atoms with Crippen molar-refractivity contribution in [2.45, 2.75) is 63.9 Å². The minimum absolute atomic E-state index is 0.0959. The summed E-state index contributed by atoms with van der Waals surface area (Å²) in [7, 11) is -1.92. The normalized spacial score (nSPS) is 26.8. The average Bonchev–Trinajstić information content (AvgIpc) is 3.18. The fraction of sp³-hybridized carbons (Fsp3) is 0.812. The molecule has 1 amide bonds. The lowest BCUT2D eigenvalue weighted by atomic mass is 9.95. The van der Waals surface area contributed by atoms with Gasteiger partial charge in [-0.05, 0) is 42.5 Å². The molecular weight excluding hydrogens is 298 g/mol. The van der Waals surface area contributed by atoms with E-state index >= 15 is 0 Å². The number of aliphatic hydroxyl groups excluding tert-OH is 1. The van der Waals surface area contributed by atoms with Gasteiger partial charge in [0.15, 0.2) is 8.32 Å². The van der Waals surface area contributed by atoms with Crippen molar-refractivity contribution in [2.75, 3.05) is 13.2 Å². The van der Waals surface area contributed by atoms with Gasteiger partial charge in [-0.2, -0.15) is 0 Å².